The summed E-state index contributed by atoms with van der Waals surface area (Å²) in [5.74, 6) is -0.352. The van der Waals surface area contributed by atoms with E-state index in [1.165, 1.54) is 5.56 Å². The van der Waals surface area contributed by atoms with Crippen molar-refractivity contribution < 1.29 is 4.79 Å². The third kappa shape index (κ3) is 5.54. The molecule has 0 unspecified atom stereocenters. The van der Waals surface area contributed by atoms with E-state index in [1.807, 2.05) is 46.8 Å². The lowest BCUT2D eigenvalue weighted by molar-refractivity contribution is 0.0999. The highest BCUT2D eigenvalue weighted by Gasteiger charge is 2.03. The van der Waals surface area contributed by atoms with E-state index in [0.717, 1.165) is 12.0 Å². The average Bonchev–Trinajstić information content (AvgIpc) is 2.33. The first-order valence-corrected chi connectivity index (χ1v) is 6.04. The number of benzene rings is 1. The van der Waals surface area contributed by atoms with Gasteiger partial charge in [-0.15, -0.1) is 0 Å². The van der Waals surface area contributed by atoms with Crippen molar-refractivity contribution in [1.29, 1.82) is 0 Å². The molecule has 1 aromatic carbocycles. The first kappa shape index (κ1) is 17.1. The molecule has 0 saturated heterocycles. The molecule has 0 saturated carbocycles. The van der Waals surface area contributed by atoms with Crippen LogP contribution in [0.3, 0.4) is 0 Å². The maximum atomic E-state index is 10.8. The van der Waals surface area contributed by atoms with E-state index in [-0.39, 0.29) is 5.91 Å². The molecule has 0 spiro atoms. The Morgan fingerprint density at radius 1 is 1.19 bits per heavy atom. The Balaban J connectivity index is 0. The summed E-state index contributed by atoms with van der Waals surface area (Å²) in [6, 6.07) is 5.73. The highest BCUT2D eigenvalue weighted by Crippen LogP contribution is 2.10. The Kier molecular flexibility index (Phi) is 10.9. The van der Waals surface area contributed by atoms with Gasteiger partial charge in [0, 0.05) is 5.56 Å². The maximum absolute atomic E-state index is 10.8. The normalized spacial score (nSPS) is 8.12. The van der Waals surface area contributed by atoms with Crippen molar-refractivity contribution in [3.63, 3.8) is 0 Å². The van der Waals surface area contributed by atoms with E-state index in [0.29, 0.717) is 5.56 Å². The summed E-state index contributed by atoms with van der Waals surface area (Å²) in [5, 5.41) is 0. The van der Waals surface area contributed by atoms with Crippen LogP contribution in [0.5, 0.6) is 0 Å². The van der Waals surface area contributed by atoms with Gasteiger partial charge >= 0.3 is 0 Å². The molecule has 92 valence electrons. The smallest absolute Gasteiger partial charge is 0.248 e. The fraction of sp³-hybridized carbons (Fsp3) is 0.500. The minimum atomic E-state index is -0.352. The molecule has 2 N–H and O–H groups in total. The number of hydrogen-bond acceptors (Lipinski definition) is 1. The van der Waals surface area contributed by atoms with Crippen LogP contribution in [0.1, 0.15) is 56.1 Å². The standard InChI is InChI=1S/C10H13NO.2C2H6/c1-3-8-4-5-9(10(11)12)7(2)6-8;2*1-2/h4-6H,3H2,1-2H3,(H2,11,12);2*1-2H3. The second-order valence-electron chi connectivity index (χ2n) is 2.87. The molecule has 0 aliphatic rings. The van der Waals surface area contributed by atoms with Gasteiger partial charge in [-0.2, -0.15) is 0 Å². The maximum Gasteiger partial charge on any atom is 0.248 e. The summed E-state index contributed by atoms with van der Waals surface area (Å²) in [5.41, 5.74) is 7.98. The van der Waals surface area contributed by atoms with Crippen LogP contribution < -0.4 is 5.73 Å². The van der Waals surface area contributed by atoms with E-state index in [2.05, 4.69) is 6.92 Å². The third-order valence-corrected chi connectivity index (χ3v) is 1.96. The zero-order chi connectivity index (χ0) is 13.1. The van der Waals surface area contributed by atoms with Crippen LogP contribution in [-0.4, -0.2) is 5.91 Å². The van der Waals surface area contributed by atoms with Crippen LogP contribution >= 0.6 is 0 Å². The van der Waals surface area contributed by atoms with Gasteiger partial charge in [0.05, 0.1) is 0 Å². The van der Waals surface area contributed by atoms with Crippen LogP contribution in [0.4, 0.5) is 0 Å². The average molecular weight is 223 g/mol. The number of primary amides is 1. The number of amides is 1. The summed E-state index contributed by atoms with van der Waals surface area (Å²) in [6.07, 6.45) is 0.986. The van der Waals surface area contributed by atoms with E-state index >= 15 is 0 Å². The molecule has 2 nitrogen and oxygen atoms in total. The Hall–Kier alpha value is -1.31. The SMILES string of the molecule is CC.CC.CCc1ccc(C(N)=O)c(C)c1. The molecule has 16 heavy (non-hydrogen) atoms. The van der Waals surface area contributed by atoms with Gasteiger partial charge in [0.25, 0.3) is 0 Å². The van der Waals surface area contributed by atoms with Crippen molar-refractivity contribution in [1.82, 2.24) is 0 Å². The summed E-state index contributed by atoms with van der Waals surface area (Å²) in [4.78, 5) is 10.8. The van der Waals surface area contributed by atoms with Crippen molar-refractivity contribution in [3.05, 3.63) is 34.9 Å². The van der Waals surface area contributed by atoms with Crippen LogP contribution in [0.25, 0.3) is 0 Å². The topological polar surface area (TPSA) is 43.1 Å². The van der Waals surface area contributed by atoms with Crippen LogP contribution in [0, 0.1) is 6.92 Å². The van der Waals surface area contributed by atoms with Crippen molar-refractivity contribution in [2.45, 2.75) is 48.0 Å². The van der Waals surface area contributed by atoms with E-state index in [4.69, 9.17) is 5.73 Å². The molecular formula is C14H25NO. The number of nitrogens with two attached hydrogens (primary N) is 1. The quantitative estimate of drug-likeness (QED) is 0.816. The summed E-state index contributed by atoms with van der Waals surface area (Å²) < 4.78 is 0. The summed E-state index contributed by atoms with van der Waals surface area (Å²) >= 11 is 0. The van der Waals surface area contributed by atoms with Crippen molar-refractivity contribution in [2.75, 3.05) is 0 Å². The lowest BCUT2D eigenvalue weighted by Crippen LogP contribution is -2.12. The van der Waals surface area contributed by atoms with Gasteiger partial charge in [-0.1, -0.05) is 46.8 Å². The van der Waals surface area contributed by atoms with Gasteiger partial charge < -0.3 is 5.73 Å². The van der Waals surface area contributed by atoms with E-state index < -0.39 is 0 Å². The lowest BCUT2D eigenvalue weighted by atomic mass is 10.0. The highest BCUT2D eigenvalue weighted by atomic mass is 16.1. The molecule has 0 heterocycles. The highest BCUT2D eigenvalue weighted by molar-refractivity contribution is 5.94. The second kappa shape index (κ2) is 10.2. The molecular weight excluding hydrogens is 198 g/mol. The zero-order valence-electron chi connectivity index (χ0n) is 11.4. The molecule has 1 aromatic rings. The van der Waals surface area contributed by atoms with Gasteiger partial charge in [-0.25, -0.2) is 0 Å². The predicted octanol–water partition coefficient (Wildman–Crippen LogP) is 3.71. The number of carbonyl (C=O) groups excluding carboxylic acids is 1. The Morgan fingerprint density at radius 3 is 2.00 bits per heavy atom. The lowest BCUT2D eigenvalue weighted by Gasteiger charge is -2.03. The van der Waals surface area contributed by atoms with Crippen LogP contribution in [0.2, 0.25) is 0 Å². The molecule has 0 aliphatic carbocycles. The Labute approximate surface area is 99.9 Å². The number of rotatable bonds is 2. The predicted molar refractivity (Wildman–Crippen MR) is 71.8 cm³/mol. The molecule has 0 aliphatic heterocycles. The third-order valence-electron chi connectivity index (χ3n) is 1.96. The van der Waals surface area contributed by atoms with Gasteiger partial charge in [-0.05, 0) is 30.5 Å². The fourth-order valence-corrected chi connectivity index (χ4v) is 1.22. The minimum Gasteiger partial charge on any atom is -0.366 e. The first-order chi connectivity index (χ1) is 7.65. The van der Waals surface area contributed by atoms with Gasteiger partial charge in [-0.3, -0.25) is 4.79 Å². The van der Waals surface area contributed by atoms with Crippen molar-refractivity contribution in [3.8, 4) is 0 Å². The van der Waals surface area contributed by atoms with Gasteiger partial charge in [0.1, 0.15) is 0 Å². The van der Waals surface area contributed by atoms with E-state index in [1.54, 1.807) is 6.07 Å². The van der Waals surface area contributed by atoms with Gasteiger partial charge in [0.15, 0.2) is 0 Å². The van der Waals surface area contributed by atoms with Crippen molar-refractivity contribution in [2.24, 2.45) is 5.73 Å². The molecule has 1 amide bonds. The second-order valence-corrected chi connectivity index (χ2v) is 2.87. The summed E-state index contributed by atoms with van der Waals surface area (Å²) in [6.45, 7) is 12.0. The molecule has 0 aromatic heterocycles. The number of aryl methyl sites for hydroxylation is 2. The minimum absolute atomic E-state index is 0.352. The number of carbonyl (C=O) groups is 1. The molecule has 0 atom stereocenters. The Bertz CT molecular complexity index is 306. The van der Waals surface area contributed by atoms with Crippen LogP contribution in [0.15, 0.2) is 18.2 Å². The molecule has 0 radical (unpaired) electrons. The largest absolute Gasteiger partial charge is 0.366 e. The van der Waals surface area contributed by atoms with Crippen LogP contribution in [-0.2, 0) is 6.42 Å². The van der Waals surface area contributed by atoms with Gasteiger partial charge in [0.2, 0.25) is 5.91 Å². The van der Waals surface area contributed by atoms with E-state index in [9.17, 15) is 4.79 Å². The molecule has 0 bridgehead atoms. The van der Waals surface area contributed by atoms with Crippen molar-refractivity contribution >= 4 is 5.91 Å². The summed E-state index contributed by atoms with van der Waals surface area (Å²) in [7, 11) is 0. The fourth-order valence-electron chi connectivity index (χ4n) is 1.22. The molecule has 1 rings (SSSR count). The monoisotopic (exact) mass is 223 g/mol. The molecule has 0 fully saturated rings. The Morgan fingerprint density at radius 2 is 1.69 bits per heavy atom. The molecule has 2 heteroatoms. The number of hydrogen-bond donors (Lipinski definition) is 1. The first-order valence-electron chi connectivity index (χ1n) is 6.04. The zero-order valence-corrected chi connectivity index (χ0v) is 11.4.